The highest BCUT2D eigenvalue weighted by atomic mass is 79.9. The molecule has 0 N–H and O–H groups in total. The van der Waals surface area contributed by atoms with Gasteiger partial charge in [-0.15, -0.1) is 11.3 Å². The first-order chi connectivity index (χ1) is 22.7. The number of furan rings is 1. The van der Waals surface area contributed by atoms with E-state index >= 15 is 0 Å². The summed E-state index contributed by atoms with van der Waals surface area (Å²) >= 11 is 5.39. The normalized spacial score (nSPS) is 11.6. The predicted molar refractivity (Wildman–Crippen MR) is 198 cm³/mol. The fraction of sp³-hybridized carbons (Fsp3) is 0. The van der Waals surface area contributed by atoms with Gasteiger partial charge in [0, 0.05) is 32.2 Å². The van der Waals surface area contributed by atoms with Crippen LogP contribution in [0.25, 0.3) is 64.6 Å². The Morgan fingerprint density at radius 3 is 2.13 bits per heavy atom. The van der Waals surface area contributed by atoms with Crippen molar-refractivity contribution >= 4 is 87.3 Å². The van der Waals surface area contributed by atoms with Gasteiger partial charge in [0.05, 0.1) is 21.3 Å². The van der Waals surface area contributed by atoms with E-state index in [0.717, 1.165) is 70.7 Å². The number of hydrogen-bond acceptors (Lipinski definition) is 4. The number of benzene rings is 7. The molecular weight excluding hydrogens is 648 g/mol. The van der Waals surface area contributed by atoms with Crippen molar-refractivity contribution in [2.45, 2.75) is 0 Å². The average Bonchev–Trinajstić information content (AvgIpc) is 3.71. The lowest BCUT2D eigenvalue weighted by Crippen LogP contribution is -2.10. The van der Waals surface area contributed by atoms with Crippen molar-refractivity contribution in [3.8, 4) is 21.7 Å². The summed E-state index contributed by atoms with van der Waals surface area (Å²) in [6.07, 6.45) is 0. The molecule has 0 aliphatic rings. The lowest BCUT2D eigenvalue weighted by Gasteiger charge is -2.27. The minimum atomic E-state index is 0.850. The fourth-order valence-electron chi connectivity index (χ4n) is 6.37. The first-order valence-corrected chi connectivity index (χ1v) is 16.8. The number of anilines is 3. The number of hydrogen-bond donors (Lipinski definition) is 0. The summed E-state index contributed by atoms with van der Waals surface area (Å²) in [6, 6.07) is 53.3. The molecule has 2 aromatic heterocycles. The molecular formula is C41H25BrN2OS. The van der Waals surface area contributed by atoms with Gasteiger partial charge < -0.3 is 9.32 Å². The SMILES string of the molecule is Brc1ccc2c(c1)oc1cc(-c3ccccc3)cc(N(c3ccccc3)c3ccc(-c4nc5ccc6ccccc6c5s4)cc3)c12. The number of aromatic nitrogens is 1. The largest absolute Gasteiger partial charge is 0.456 e. The van der Waals surface area contributed by atoms with Gasteiger partial charge >= 0.3 is 0 Å². The Morgan fingerprint density at radius 2 is 1.30 bits per heavy atom. The smallest absolute Gasteiger partial charge is 0.138 e. The molecule has 218 valence electrons. The summed E-state index contributed by atoms with van der Waals surface area (Å²) in [6.45, 7) is 0. The van der Waals surface area contributed by atoms with Crippen molar-refractivity contribution < 1.29 is 4.42 Å². The summed E-state index contributed by atoms with van der Waals surface area (Å²) < 4.78 is 8.74. The Bertz CT molecular complexity index is 2540. The molecule has 9 aromatic rings. The molecule has 2 heterocycles. The molecule has 0 aliphatic carbocycles. The van der Waals surface area contributed by atoms with E-state index in [2.05, 4.69) is 160 Å². The zero-order valence-electron chi connectivity index (χ0n) is 24.5. The molecule has 3 nitrogen and oxygen atoms in total. The van der Waals surface area contributed by atoms with E-state index in [1.807, 2.05) is 12.1 Å². The molecule has 0 radical (unpaired) electrons. The first kappa shape index (κ1) is 27.1. The van der Waals surface area contributed by atoms with Crippen LogP contribution < -0.4 is 4.90 Å². The average molecular weight is 674 g/mol. The van der Waals surface area contributed by atoms with Crippen LogP contribution in [0.15, 0.2) is 161 Å². The highest BCUT2D eigenvalue weighted by molar-refractivity contribution is 9.10. The molecule has 5 heteroatoms. The second kappa shape index (κ2) is 11.0. The Kier molecular flexibility index (Phi) is 6.47. The molecule has 0 spiro atoms. The summed E-state index contributed by atoms with van der Waals surface area (Å²) in [5, 5.41) is 5.66. The van der Waals surface area contributed by atoms with Crippen molar-refractivity contribution in [1.29, 1.82) is 0 Å². The number of thiazole rings is 1. The van der Waals surface area contributed by atoms with E-state index in [-0.39, 0.29) is 0 Å². The zero-order valence-corrected chi connectivity index (χ0v) is 26.9. The summed E-state index contributed by atoms with van der Waals surface area (Å²) in [5.74, 6) is 0. The fourth-order valence-corrected chi connectivity index (χ4v) is 7.81. The lowest BCUT2D eigenvalue weighted by atomic mass is 10.0. The van der Waals surface area contributed by atoms with Crippen molar-refractivity contribution in [2.24, 2.45) is 0 Å². The second-order valence-electron chi connectivity index (χ2n) is 11.3. The molecule has 0 saturated carbocycles. The van der Waals surface area contributed by atoms with Crippen LogP contribution in [0.5, 0.6) is 0 Å². The van der Waals surface area contributed by atoms with Gasteiger partial charge in [-0.3, -0.25) is 0 Å². The molecule has 0 atom stereocenters. The maximum absolute atomic E-state index is 6.53. The van der Waals surface area contributed by atoms with Gasteiger partial charge in [0.1, 0.15) is 16.2 Å². The first-order valence-electron chi connectivity index (χ1n) is 15.1. The molecule has 0 bridgehead atoms. The van der Waals surface area contributed by atoms with Gasteiger partial charge in [-0.25, -0.2) is 4.98 Å². The summed E-state index contributed by atoms with van der Waals surface area (Å²) in [4.78, 5) is 7.37. The highest BCUT2D eigenvalue weighted by Gasteiger charge is 2.21. The summed E-state index contributed by atoms with van der Waals surface area (Å²) in [5.41, 5.74) is 9.25. The number of halogens is 1. The van der Waals surface area contributed by atoms with E-state index in [9.17, 15) is 0 Å². The van der Waals surface area contributed by atoms with Gasteiger partial charge in [0.15, 0.2) is 0 Å². The third-order valence-corrected chi connectivity index (χ3v) is 10.2. The van der Waals surface area contributed by atoms with Gasteiger partial charge in [-0.2, -0.15) is 0 Å². The second-order valence-corrected chi connectivity index (χ2v) is 13.3. The third-order valence-electron chi connectivity index (χ3n) is 8.53. The van der Waals surface area contributed by atoms with Crippen molar-refractivity contribution in [2.75, 3.05) is 4.90 Å². The molecule has 46 heavy (non-hydrogen) atoms. The molecule has 0 saturated heterocycles. The number of nitrogens with zero attached hydrogens (tertiary/aromatic N) is 2. The maximum atomic E-state index is 6.53. The van der Waals surface area contributed by atoms with Crippen LogP contribution in [0.3, 0.4) is 0 Å². The van der Waals surface area contributed by atoms with E-state index < -0.39 is 0 Å². The van der Waals surface area contributed by atoms with Crippen LogP contribution in [0.1, 0.15) is 0 Å². The van der Waals surface area contributed by atoms with Crippen molar-refractivity contribution in [3.05, 3.63) is 156 Å². The Morgan fingerprint density at radius 1 is 0.565 bits per heavy atom. The Hall–Kier alpha value is -5.23. The minimum Gasteiger partial charge on any atom is -0.456 e. The van der Waals surface area contributed by atoms with Gasteiger partial charge in [0.2, 0.25) is 0 Å². The van der Waals surface area contributed by atoms with E-state index in [0.29, 0.717) is 0 Å². The number of fused-ring (bicyclic) bond motifs is 6. The standard InChI is InChI=1S/C41H25BrN2OS/c42-30-18-21-34-37(25-30)45-38-24-29(26-9-3-1-4-10-26)23-36(39(34)38)44(31-12-5-2-6-13-31)32-19-15-28(16-20-32)41-43-35-22-17-27-11-7-8-14-33(27)40(35)46-41/h1-25H. The van der Waals surface area contributed by atoms with Gasteiger partial charge in [-0.05, 0) is 89.3 Å². The lowest BCUT2D eigenvalue weighted by molar-refractivity contribution is 0.669. The maximum Gasteiger partial charge on any atom is 0.138 e. The van der Waals surface area contributed by atoms with Crippen LogP contribution in [-0.2, 0) is 0 Å². The molecule has 7 aromatic carbocycles. The van der Waals surface area contributed by atoms with E-state index in [1.165, 1.54) is 15.5 Å². The topological polar surface area (TPSA) is 29.3 Å². The van der Waals surface area contributed by atoms with Crippen LogP contribution in [0, 0.1) is 0 Å². The molecule has 0 amide bonds. The van der Waals surface area contributed by atoms with Crippen LogP contribution in [0.2, 0.25) is 0 Å². The quantitative estimate of drug-likeness (QED) is 0.182. The van der Waals surface area contributed by atoms with Gasteiger partial charge in [0.25, 0.3) is 0 Å². The summed E-state index contributed by atoms with van der Waals surface area (Å²) in [7, 11) is 0. The van der Waals surface area contributed by atoms with Crippen molar-refractivity contribution in [3.63, 3.8) is 0 Å². The molecule has 9 rings (SSSR count). The molecule has 0 aliphatic heterocycles. The predicted octanol–water partition coefficient (Wildman–Crippen LogP) is 12.9. The van der Waals surface area contributed by atoms with Crippen LogP contribution in [0.4, 0.5) is 17.1 Å². The number of para-hydroxylation sites is 1. The van der Waals surface area contributed by atoms with Crippen LogP contribution >= 0.6 is 27.3 Å². The van der Waals surface area contributed by atoms with E-state index in [1.54, 1.807) is 11.3 Å². The van der Waals surface area contributed by atoms with Crippen LogP contribution in [-0.4, -0.2) is 4.98 Å². The van der Waals surface area contributed by atoms with Crippen molar-refractivity contribution in [1.82, 2.24) is 4.98 Å². The Labute approximate surface area is 278 Å². The molecule has 0 fully saturated rings. The third kappa shape index (κ3) is 4.59. The molecule has 0 unspecified atom stereocenters. The highest BCUT2D eigenvalue weighted by Crippen LogP contribution is 2.46. The zero-order chi connectivity index (χ0) is 30.6. The monoisotopic (exact) mass is 672 g/mol. The minimum absolute atomic E-state index is 0.850. The number of rotatable bonds is 5. The van der Waals surface area contributed by atoms with E-state index in [4.69, 9.17) is 9.40 Å². The Balaban J connectivity index is 1.24. The van der Waals surface area contributed by atoms with Gasteiger partial charge in [-0.1, -0.05) is 94.8 Å².